The van der Waals surface area contributed by atoms with E-state index in [9.17, 15) is 19.5 Å². The molecule has 2 amide bonds. The highest BCUT2D eigenvalue weighted by Gasteiger charge is 2.31. The number of carboxylic acid groups (broad SMARTS) is 1. The SMILES string of the molecule is O=C(NC1C=CCC(C(=O)NC(CCO)C(=O)O)C1)OCC1c2ccccc2-c2ccccc21. The van der Waals surface area contributed by atoms with Crippen molar-refractivity contribution in [3.05, 3.63) is 71.8 Å². The molecule has 0 spiro atoms. The number of alkyl carbamates (subject to hydrolysis) is 1. The van der Waals surface area contributed by atoms with Crippen LogP contribution in [0.3, 0.4) is 0 Å². The van der Waals surface area contributed by atoms with Crippen LogP contribution in [0.1, 0.15) is 36.3 Å². The van der Waals surface area contributed by atoms with Gasteiger partial charge in [-0.05, 0) is 35.1 Å². The van der Waals surface area contributed by atoms with Gasteiger partial charge in [-0.3, -0.25) is 4.79 Å². The second-order valence-corrected chi connectivity index (χ2v) is 8.58. The third-order valence-electron chi connectivity index (χ3n) is 6.38. The summed E-state index contributed by atoms with van der Waals surface area (Å²) < 4.78 is 5.58. The summed E-state index contributed by atoms with van der Waals surface area (Å²) in [6.07, 6.45) is 3.75. The lowest BCUT2D eigenvalue weighted by atomic mass is 9.90. The summed E-state index contributed by atoms with van der Waals surface area (Å²) in [7, 11) is 0. The first-order valence-electron chi connectivity index (χ1n) is 11.4. The Bertz CT molecular complexity index is 1050. The molecule has 8 heteroatoms. The number of fused-ring (bicyclic) bond motifs is 3. The smallest absolute Gasteiger partial charge is 0.407 e. The fourth-order valence-electron chi connectivity index (χ4n) is 4.68. The summed E-state index contributed by atoms with van der Waals surface area (Å²) in [5, 5.41) is 23.4. The van der Waals surface area contributed by atoms with Crippen LogP contribution in [0, 0.1) is 5.92 Å². The molecule has 0 bridgehead atoms. The molecule has 0 saturated heterocycles. The van der Waals surface area contributed by atoms with E-state index in [0.717, 1.165) is 22.3 Å². The Morgan fingerprint density at radius 2 is 1.68 bits per heavy atom. The van der Waals surface area contributed by atoms with Crippen LogP contribution in [0.25, 0.3) is 11.1 Å². The normalized spacial score (nSPS) is 19.6. The number of carbonyl (C=O) groups excluding carboxylic acids is 2. The second-order valence-electron chi connectivity index (χ2n) is 8.58. The Kier molecular flexibility index (Phi) is 7.27. The van der Waals surface area contributed by atoms with E-state index in [1.165, 1.54) is 0 Å². The predicted molar refractivity (Wildman–Crippen MR) is 125 cm³/mol. The van der Waals surface area contributed by atoms with Crippen LogP contribution in [0.15, 0.2) is 60.7 Å². The minimum Gasteiger partial charge on any atom is -0.480 e. The summed E-state index contributed by atoms with van der Waals surface area (Å²) in [6, 6.07) is 14.6. The van der Waals surface area contributed by atoms with Crippen LogP contribution in [0.5, 0.6) is 0 Å². The van der Waals surface area contributed by atoms with Crippen molar-refractivity contribution >= 4 is 18.0 Å². The highest BCUT2D eigenvalue weighted by atomic mass is 16.5. The van der Waals surface area contributed by atoms with E-state index in [0.29, 0.717) is 12.8 Å². The Labute approximate surface area is 197 Å². The van der Waals surface area contributed by atoms with Gasteiger partial charge in [0.15, 0.2) is 0 Å². The molecular weight excluding hydrogens is 436 g/mol. The third-order valence-corrected chi connectivity index (χ3v) is 6.38. The largest absolute Gasteiger partial charge is 0.480 e. The number of hydrogen-bond acceptors (Lipinski definition) is 5. The number of benzene rings is 2. The zero-order chi connectivity index (χ0) is 24.1. The predicted octanol–water partition coefficient (Wildman–Crippen LogP) is 2.81. The van der Waals surface area contributed by atoms with Gasteiger partial charge in [0.2, 0.25) is 5.91 Å². The van der Waals surface area contributed by atoms with Gasteiger partial charge in [-0.1, -0.05) is 60.7 Å². The molecule has 2 aliphatic carbocycles. The lowest BCUT2D eigenvalue weighted by Crippen LogP contribution is -2.46. The van der Waals surface area contributed by atoms with Crippen molar-refractivity contribution in [2.45, 2.75) is 37.3 Å². The third kappa shape index (κ3) is 5.12. The topological polar surface area (TPSA) is 125 Å². The molecule has 8 nitrogen and oxygen atoms in total. The van der Waals surface area contributed by atoms with E-state index in [2.05, 4.69) is 34.9 Å². The number of ether oxygens (including phenoxy) is 1. The van der Waals surface area contributed by atoms with Crippen LogP contribution in [-0.4, -0.2) is 53.5 Å². The minimum absolute atomic E-state index is 0.0435. The molecule has 2 aliphatic rings. The van der Waals surface area contributed by atoms with Crippen molar-refractivity contribution in [3.63, 3.8) is 0 Å². The van der Waals surface area contributed by atoms with Crippen molar-refractivity contribution in [2.24, 2.45) is 5.92 Å². The van der Waals surface area contributed by atoms with Gasteiger partial charge in [0.25, 0.3) is 0 Å². The van der Waals surface area contributed by atoms with E-state index in [4.69, 9.17) is 9.84 Å². The van der Waals surface area contributed by atoms with Gasteiger partial charge in [0.05, 0.1) is 6.04 Å². The van der Waals surface area contributed by atoms with Gasteiger partial charge in [-0.25, -0.2) is 9.59 Å². The summed E-state index contributed by atoms with van der Waals surface area (Å²) >= 11 is 0. The lowest BCUT2D eigenvalue weighted by molar-refractivity contribution is -0.143. The van der Waals surface area contributed by atoms with Gasteiger partial charge in [-0.2, -0.15) is 0 Å². The standard InChI is InChI=1S/C26H28N2O6/c29-13-12-23(25(31)32)28-24(30)16-6-5-7-17(14-16)27-26(33)34-15-22-20-10-3-1-8-18(20)19-9-2-4-11-21(19)22/h1-5,7-11,16-17,22-23,29H,6,12-15H2,(H,27,33)(H,28,30)(H,31,32). The summed E-state index contributed by atoms with van der Waals surface area (Å²) in [5.41, 5.74) is 4.55. The number of aliphatic hydroxyl groups excluding tert-OH is 1. The van der Waals surface area contributed by atoms with E-state index < -0.39 is 36.0 Å². The first-order chi connectivity index (χ1) is 16.5. The number of carbonyl (C=O) groups is 3. The molecule has 0 fully saturated rings. The first-order valence-corrected chi connectivity index (χ1v) is 11.4. The quantitative estimate of drug-likeness (QED) is 0.445. The average Bonchev–Trinajstić information content (AvgIpc) is 3.16. The molecule has 0 radical (unpaired) electrons. The molecule has 2 aromatic rings. The Morgan fingerprint density at radius 1 is 1.03 bits per heavy atom. The molecule has 34 heavy (non-hydrogen) atoms. The fraction of sp³-hybridized carbons (Fsp3) is 0.346. The molecule has 4 N–H and O–H groups in total. The second kappa shape index (κ2) is 10.5. The van der Waals surface area contributed by atoms with Crippen molar-refractivity contribution < 1.29 is 29.3 Å². The Balaban J connectivity index is 1.32. The maximum absolute atomic E-state index is 12.5. The number of nitrogens with one attached hydrogen (secondary N) is 2. The van der Waals surface area contributed by atoms with Crippen LogP contribution < -0.4 is 10.6 Å². The number of hydrogen-bond donors (Lipinski definition) is 4. The number of aliphatic carboxylic acids is 1. The average molecular weight is 465 g/mol. The molecule has 178 valence electrons. The minimum atomic E-state index is -1.19. The molecule has 0 aromatic heterocycles. The van der Waals surface area contributed by atoms with Crippen LogP contribution >= 0.6 is 0 Å². The zero-order valence-electron chi connectivity index (χ0n) is 18.6. The fourth-order valence-corrected chi connectivity index (χ4v) is 4.68. The van der Waals surface area contributed by atoms with Crippen LogP contribution in [0.4, 0.5) is 4.79 Å². The molecule has 2 aromatic carbocycles. The number of amides is 2. The maximum atomic E-state index is 12.5. The van der Waals surface area contributed by atoms with E-state index in [-0.39, 0.29) is 25.6 Å². The van der Waals surface area contributed by atoms with Gasteiger partial charge in [0, 0.05) is 24.9 Å². The van der Waals surface area contributed by atoms with E-state index in [1.54, 1.807) is 6.08 Å². The number of carboxylic acids is 1. The van der Waals surface area contributed by atoms with Gasteiger partial charge >= 0.3 is 12.1 Å². The van der Waals surface area contributed by atoms with E-state index in [1.807, 2.05) is 30.3 Å². The zero-order valence-corrected chi connectivity index (χ0v) is 18.6. The summed E-state index contributed by atoms with van der Waals surface area (Å²) in [4.78, 5) is 36.3. The van der Waals surface area contributed by atoms with Crippen LogP contribution in [0.2, 0.25) is 0 Å². The van der Waals surface area contributed by atoms with Gasteiger partial charge < -0.3 is 25.6 Å². The maximum Gasteiger partial charge on any atom is 0.407 e. The number of rotatable bonds is 8. The molecule has 3 unspecified atom stereocenters. The molecule has 0 heterocycles. The molecule has 3 atom stereocenters. The van der Waals surface area contributed by atoms with Gasteiger partial charge in [-0.15, -0.1) is 0 Å². The van der Waals surface area contributed by atoms with Gasteiger partial charge in [0.1, 0.15) is 12.6 Å². The van der Waals surface area contributed by atoms with Crippen molar-refractivity contribution in [1.82, 2.24) is 10.6 Å². The summed E-state index contributed by atoms with van der Waals surface area (Å²) in [6.45, 7) is -0.143. The first kappa shape index (κ1) is 23.5. The van der Waals surface area contributed by atoms with Crippen molar-refractivity contribution in [1.29, 1.82) is 0 Å². The highest BCUT2D eigenvalue weighted by molar-refractivity contribution is 5.85. The Hall–Kier alpha value is -3.65. The van der Waals surface area contributed by atoms with Crippen molar-refractivity contribution in [2.75, 3.05) is 13.2 Å². The molecule has 0 saturated carbocycles. The van der Waals surface area contributed by atoms with E-state index >= 15 is 0 Å². The molecular formula is C26H28N2O6. The molecule has 0 aliphatic heterocycles. The number of allylic oxidation sites excluding steroid dienone is 1. The summed E-state index contributed by atoms with van der Waals surface area (Å²) in [5.74, 6) is -2.13. The Morgan fingerprint density at radius 3 is 2.29 bits per heavy atom. The monoisotopic (exact) mass is 464 g/mol. The highest BCUT2D eigenvalue weighted by Crippen LogP contribution is 2.44. The molecule has 4 rings (SSSR count). The lowest BCUT2D eigenvalue weighted by Gasteiger charge is -2.26. The van der Waals surface area contributed by atoms with Crippen molar-refractivity contribution in [3.8, 4) is 11.1 Å². The van der Waals surface area contributed by atoms with Crippen LogP contribution in [-0.2, 0) is 14.3 Å². The number of aliphatic hydroxyl groups is 1.